The Bertz CT molecular complexity index is 1160. The molecule has 1 fully saturated rings. The summed E-state index contributed by atoms with van der Waals surface area (Å²) in [5.41, 5.74) is 2.02. The molecule has 2 N–H and O–H groups in total. The summed E-state index contributed by atoms with van der Waals surface area (Å²) in [7, 11) is 0. The molecule has 0 saturated carbocycles. The van der Waals surface area contributed by atoms with Gasteiger partial charge >= 0.3 is 0 Å². The summed E-state index contributed by atoms with van der Waals surface area (Å²) in [4.78, 5) is 26.6. The smallest absolute Gasteiger partial charge is 0.272 e. The van der Waals surface area contributed by atoms with Crippen LogP contribution in [-0.2, 0) is 17.3 Å². The summed E-state index contributed by atoms with van der Waals surface area (Å²) in [6.07, 6.45) is 2.24. The molecule has 2 aromatic rings. The van der Waals surface area contributed by atoms with Crippen molar-refractivity contribution in [3.05, 3.63) is 68.8 Å². The minimum absolute atomic E-state index is 0. The highest BCUT2D eigenvalue weighted by molar-refractivity contribution is 8.93. The van der Waals surface area contributed by atoms with Gasteiger partial charge in [-0.3, -0.25) is 20.3 Å². The van der Waals surface area contributed by atoms with E-state index in [9.17, 15) is 20.0 Å². The number of nitrogens with one attached hydrogen (secondary N) is 1. The number of ketones is 1. The predicted octanol–water partition coefficient (Wildman–Crippen LogP) is 7.22. The third-order valence-corrected chi connectivity index (χ3v) is 7.39. The lowest BCUT2D eigenvalue weighted by Gasteiger charge is -2.28. The Labute approximate surface area is 237 Å². The second-order valence-electron chi connectivity index (χ2n) is 12.4. The third kappa shape index (κ3) is 6.82. The topological polar surface area (TPSA) is 108 Å². The molecule has 1 aliphatic heterocycles. The Morgan fingerprint density at radius 3 is 2.16 bits per heavy atom. The van der Waals surface area contributed by atoms with Crippen LogP contribution in [0.2, 0.25) is 0 Å². The van der Waals surface area contributed by atoms with E-state index in [1.54, 1.807) is 30.3 Å². The lowest BCUT2D eigenvalue weighted by Crippen LogP contribution is -2.33. The molecule has 0 radical (unpaired) electrons. The van der Waals surface area contributed by atoms with Gasteiger partial charge in [0.05, 0.1) is 11.5 Å². The number of carbonyl (C=O) groups is 1. The van der Waals surface area contributed by atoms with E-state index < -0.39 is 0 Å². The van der Waals surface area contributed by atoms with Gasteiger partial charge in [0, 0.05) is 40.8 Å². The van der Waals surface area contributed by atoms with Gasteiger partial charge in [-0.1, -0.05) is 73.1 Å². The van der Waals surface area contributed by atoms with E-state index >= 15 is 0 Å². The minimum Gasteiger partial charge on any atom is -0.507 e. The molecule has 0 bridgehead atoms. The maximum atomic E-state index is 13.6. The molecule has 1 saturated heterocycles. The van der Waals surface area contributed by atoms with Crippen molar-refractivity contribution < 1.29 is 14.8 Å². The quantitative estimate of drug-likeness (QED) is 0.192. The molecule has 2 aromatic carbocycles. The summed E-state index contributed by atoms with van der Waals surface area (Å²) < 4.78 is 0. The van der Waals surface area contributed by atoms with E-state index in [1.165, 1.54) is 6.07 Å². The molecule has 0 spiro atoms. The number of Topliss-reactive ketones (excluding diaryl/α,β-unsaturated/α-hetero) is 1. The van der Waals surface area contributed by atoms with E-state index in [0.717, 1.165) is 24.0 Å². The number of para-hydroxylation sites is 1. The molecule has 0 aliphatic carbocycles. The van der Waals surface area contributed by atoms with Crippen LogP contribution in [0.15, 0.2) is 36.4 Å². The van der Waals surface area contributed by atoms with Crippen molar-refractivity contribution >= 4 is 34.3 Å². The minimum atomic E-state index is -0.367. The van der Waals surface area contributed by atoms with Crippen molar-refractivity contribution in [3.63, 3.8) is 0 Å². The molecule has 0 amide bonds. The van der Waals surface area contributed by atoms with Gasteiger partial charge in [-0.05, 0) is 41.7 Å². The summed E-state index contributed by atoms with van der Waals surface area (Å²) >= 11 is 0. The van der Waals surface area contributed by atoms with Gasteiger partial charge in [0.2, 0.25) is 0 Å². The highest BCUT2D eigenvalue weighted by atomic mass is 79.9. The van der Waals surface area contributed by atoms with Gasteiger partial charge in [0.1, 0.15) is 11.6 Å². The Morgan fingerprint density at radius 2 is 1.66 bits per heavy atom. The molecule has 0 unspecified atom stereocenters. The number of amidine groups is 1. The van der Waals surface area contributed by atoms with Gasteiger partial charge in [-0.25, -0.2) is 0 Å². The Balaban J connectivity index is 0.00000507. The lowest BCUT2D eigenvalue weighted by atomic mass is 9.78. The van der Waals surface area contributed by atoms with Crippen LogP contribution in [0.3, 0.4) is 0 Å². The number of phenols is 1. The molecule has 2 atom stereocenters. The van der Waals surface area contributed by atoms with Crippen LogP contribution in [0.4, 0.5) is 5.69 Å². The first kappa shape index (κ1) is 31.5. The number of nitro benzene ring substituents is 1. The number of carbonyl (C=O) groups excluding carboxylic acids is 1. The van der Waals surface area contributed by atoms with Gasteiger partial charge < -0.3 is 10.0 Å². The first-order chi connectivity index (χ1) is 17.1. The highest BCUT2D eigenvalue weighted by Gasteiger charge is 2.39. The fourth-order valence-corrected chi connectivity index (χ4v) is 5.34. The number of phenolic OH excluding ortho intramolecular Hbond substituents is 1. The number of hydrogen-bond acceptors (Lipinski definition) is 5. The van der Waals surface area contributed by atoms with Crippen molar-refractivity contribution in [2.24, 2.45) is 11.8 Å². The normalized spacial score (nSPS) is 17.9. The maximum Gasteiger partial charge on any atom is 0.272 e. The zero-order chi connectivity index (χ0) is 27.7. The Morgan fingerprint density at radius 1 is 1.11 bits per heavy atom. The second kappa shape index (κ2) is 12.0. The van der Waals surface area contributed by atoms with Gasteiger partial charge in [0.25, 0.3) is 5.69 Å². The zero-order valence-corrected chi connectivity index (χ0v) is 25.3. The zero-order valence-electron chi connectivity index (χ0n) is 23.6. The van der Waals surface area contributed by atoms with E-state index in [2.05, 4.69) is 6.92 Å². The first-order valence-corrected chi connectivity index (χ1v) is 13.1. The number of hydrogen-bond donors (Lipinski definition) is 2. The summed E-state index contributed by atoms with van der Waals surface area (Å²) in [6.45, 7) is 14.8. The van der Waals surface area contributed by atoms with E-state index in [-0.39, 0.29) is 68.3 Å². The fourth-order valence-electron chi connectivity index (χ4n) is 5.34. The van der Waals surface area contributed by atoms with Crippen LogP contribution < -0.4 is 0 Å². The number of aromatic hydroxyl groups is 1. The van der Waals surface area contributed by atoms with Crippen molar-refractivity contribution in [3.8, 4) is 5.75 Å². The van der Waals surface area contributed by atoms with Crippen molar-refractivity contribution in [1.82, 2.24) is 4.90 Å². The number of benzene rings is 2. The molecule has 0 aromatic heterocycles. The molecule has 38 heavy (non-hydrogen) atoms. The summed E-state index contributed by atoms with van der Waals surface area (Å²) in [6, 6.07) is 10.3. The largest absolute Gasteiger partial charge is 0.507 e. The van der Waals surface area contributed by atoms with Crippen LogP contribution in [0.5, 0.6) is 5.75 Å². The van der Waals surface area contributed by atoms with Crippen LogP contribution in [-0.4, -0.2) is 39.6 Å². The maximum absolute atomic E-state index is 13.6. The monoisotopic (exact) mass is 587 g/mol. The fraction of sp³-hybridized carbons (Fsp3) is 0.533. The first-order valence-electron chi connectivity index (χ1n) is 13.1. The van der Waals surface area contributed by atoms with Gasteiger partial charge in [-0.15, -0.1) is 17.0 Å². The SMILES string of the molecule is Br.CCC[C@H]1CN(CC(=O)c2cc(C(C)(C)C)c(O)c(C(C)(C)C)c2)C(=N)[C@@H]1Cc1ccccc1[N+](=O)[O-]. The molecule has 208 valence electrons. The van der Waals surface area contributed by atoms with Gasteiger partial charge in [0.15, 0.2) is 5.78 Å². The standard InChI is InChI=1S/C30H41N3O4.BrH/c1-8-11-20-17-32(28(31)22(20)14-19-12-9-10-13-25(19)33(36)37)18-26(34)21-15-23(29(2,3)4)27(35)24(16-21)30(5,6)7;/h9-10,12-13,15-16,20,22,31,35H,8,11,14,17-18H2,1-7H3;1H/t20-,22+;/m0./s1. The predicted molar refractivity (Wildman–Crippen MR) is 158 cm³/mol. The van der Waals surface area contributed by atoms with Crippen LogP contribution in [0, 0.1) is 27.4 Å². The average molecular weight is 589 g/mol. The average Bonchev–Trinajstić information content (AvgIpc) is 3.07. The molecule has 1 heterocycles. The van der Waals surface area contributed by atoms with Crippen LogP contribution in [0.1, 0.15) is 88.4 Å². The van der Waals surface area contributed by atoms with Crippen molar-refractivity contribution in [1.29, 1.82) is 5.41 Å². The van der Waals surface area contributed by atoms with Crippen molar-refractivity contribution in [2.45, 2.75) is 78.6 Å². The number of rotatable bonds is 8. The number of nitrogens with zero attached hydrogens (tertiary/aromatic N) is 2. The van der Waals surface area contributed by atoms with E-state index in [0.29, 0.717) is 29.9 Å². The van der Waals surface area contributed by atoms with Crippen LogP contribution >= 0.6 is 17.0 Å². The highest BCUT2D eigenvalue weighted by Crippen LogP contribution is 2.40. The molecule has 1 aliphatic rings. The summed E-state index contributed by atoms with van der Waals surface area (Å²) in [5, 5.41) is 31.5. The lowest BCUT2D eigenvalue weighted by molar-refractivity contribution is -0.385. The Kier molecular flexibility index (Phi) is 9.92. The molecule has 7 nitrogen and oxygen atoms in total. The number of halogens is 1. The summed E-state index contributed by atoms with van der Waals surface area (Å²) in [5.74, 6) is 0.486. The Hall–Kier alpha value is -2.74. The second-order valence-corrected chi connectivity index (χ2v) is 12.4. The molecule has 8 heteroatoms. The van der Waals surface area contributed by atoms with Crippen LogP contribution in [0.25, 0.3) is 0 Å². The van der Waals surface area contributed by atoms with Gasteiger partial charge in [-0.2, -0.15) is 0 Å². The van der Waals surface area contributed by atoms with E-state index in [4.69, 9.17) is 5.41 Å². The van der Waals surface area contributed by atoms with Crippen molar-refractivity contribution in [2.75, 3.05) is 13.1 Å². The third-order valence-electron chi connectivity index (χ3n) is 7.39. The molecular weight excluding hydrogens is 546 g/mol. The number of likely N-dealkylation sites (tertiary alicyclic amines) is 1. The van der Waals surface area contributed by atoms with E-state index in [1.807, 2.05) is 46.4 Å². The molecular formula is C30H42BrN3O4. The number of nitro groups is 1. The molecule has 3 rings (SSSR count).